The van der Waals surface area contributed by atoms with Crippen LogP contribution in [0.25, 0.3) is 0 Å². The van der Waals surface area contributed by atoms with E-state index >= 15 is 0 Å². The monoisotopic (exact) mass is 591 g/mol. The van der Waals surface area contributed by atoms with Crippen molar-refractivity contribution in [1.82, 2.24) is 10.2 Å². The maximum absolute atomic E-state index is 14.0. The van der Waals surface area contributed by atoms with Gasteiger partial charge in [-0.3, -0.25) is 13.9 Å². The minimum atomic E-state index is -3.97. The predicted molar refractivity (Wildman–Crippen MR) is 155 cm³/mol. The lowest BCUT2D eigenvalue weighted by Crippen LogP contribution is -2.53. The van der Waals surface area contributed by atoms with E-state index in [1.165, 1.54) is 24.1 Å². The summed E-state index contributed by atoms with van der Waals surface area (Å²) in [6, 6.07) is 19.8. The lowest BCUT2D eigenvalue weighted by atomic mass is 10.0. The molecule has 8 nitrogen and oxygen atoms in total. The zero-order valence-electron chi connectivity index (χ0n) is 21.9. The Morgan fingerprint density at radius 3 is 2.28 bits per heavy atom. The zero-order chi connectivity index (χ0) is 28.6. The number of amides is 2. The molecule has 3 aromatic rings. The number of benzene rings is 3. The lowest BCUT2D eigenvalue weighted by Gasteiger charge is -2.34. The first kappa shape index (κ1) is 30.3. The highest BCUT2D eigenvalue weighted by atomic mass is 35.5. The van der Waals surface area contributed by atoms with Gasteiger partial charge in [0.15, 0.2) is 0 Å². The summed E-state index contributed by atoms with van der Waals surface area (Å²) in [7, 11) is -2.58. The molecule has 3 aromatic carbocycles. The van der Waals surface area contributed by atoms with Crippen LogP contribution >= 0.6 is 23.2 Å². The molecule has 0 bridgehead atoms. The van der Waals surface area contributed by atoms with Crippen LogP contribution in [0.15, 0.2) is 72.8 Å². The fourth-order valence-electron chi connectivity index (χ4n) is 4.11. The van der Waals surface area contributed by atoms with Crippen molar-refractivity contribution in [2.45, 2.75) is 25.9 Å². The molecule has 1 N–H and O–H groups in total. The van der Waals surface area contributed by atoms with Crippen LogP contribution in [0.3, 0.4) is 0 Å². The average Bonchev–Trinajstić information content (AvgIpc) is 2.90. The van der Waals surface area contributed by atoms with Crippen molar-refractivity contribution < 1.29 is 22.7 Å². The Kier molecular flexibility index (Phi) is 10.6. The van der Waals surface area contributed by atoms with Crippen LogP contribution in [0.2, 0.25) is 10.0 Å². The zero-order valence-corrected chi connectivity index (χ0v) is 24.3. The smallest absolute Gasteiger partial charge is 0.244 e. The number of halogens is 2. The molecule has 208 valence electrons. The van der Waals surface area contributed by atoms with E-state index in [9.17, 15) is 18.0 Å². The number of nitrogens with zero attached hydrogens (tertiary/aromatic N) is 2. The number of rotatable bonds is 12. The largest absolute Gasteiger partial charge is 0.495 e. The molecule has 0 saturated carbocycles. The first-order valence-corrected chi connectivity index (χ1v) is 14.8. The molecule has 0 aliphatic carbocycles. The number of ether oxygens (including phenoxy) is 1. The molecule has 0 heterocycles. The van der Waals surface area contributed by atoms with E-state index < -0.39 is 28.5 Å². The molecule has 0 radical (unpaired) electrons. The van der Waals surface area contributed by atoms with Crippen LogP contribution in [0.5, 0.6) is 5.75 Å². The summed E-state index contributed by atoms with van der Waals surface area (Å²) in [4.78, 5) is 28.8. The third-order valence-electron chi connectivity index (χ3n) is 6.01. The summed E-state index contributed by atoms with van der Waals surface area (Å²) in [6.07, 6.45) is 1.20. The van der Waals surface area contributed by atoms with E-state index in [1.54, 1.807) is 37.3 Å². The van der Waals surface area contributed by atoms with Gasteiger partial charge < -0.3 is 15.0 Å². The first-order valence-electron chi connectivity index (χ1n) is 12.2. The minimum Gasteiger partial charge on any atom is -0.495 e. The minimum absolute atomic E-state index is 0.0164. The van der Waals surface area contributed by atoms with E-state index in [0.717, 1.165) is 16.1 Å². The van der Waals surface area contributed by atoms with Gasteiger partial charge in [-0.1, -0.05) is 71.7 Å². The van der Waals surface area contributed by atoms with E-state index in [-0.39, 0.29) is 35.3 Å². The maximum Gasteiger partial charge on any atom is 0.244 e. The highest BCUT2D eigenvalue weighted by molar-refractivity contribution is 7.92. The van der Waals surface area contributed by atoms with Crippen LogP contribution in [-0.2, 0) is 32.6 Å². The molecule has 39 heavy (non-hydrogen) atoms. The SMILES string of the molecule is CCNC(=O)[C@H](Cc1ccccc1)N(Cc1ccccc1Cl)C(=O)CN(c1cc(Cl)ccc1OC)S(C)(=O)=O. The Bertz CT molecular complexity index is 1400. The Morgan fingerprint density at radius 1 is 1.00 bits per heavy atom. The molecule has 11 heteroatoms. The van der Waals surface area contributed by atoms with Gasteiger partial charge in [-0.25, -0.2) is 8.42 Å². The van der Waals surface area contributed by atoms with Gasteiger partial charge in [0, 0.05) is 29.6 Å². The van der Waals surface area contributed by atoms with Gasteiger partial charge in [0.25, 0.3) is 0 Å². The van der Waals surface area contributed by atoms with Gasteiger partial charge in [-0.2, -0.15) is 0 Å². The molecule has 0 spiro atoms. The van der Waals surface area contributed by atoms with Gasteiger partial charge in [0.1, 0.15) is 18.3 Å². The van der Waals surface area contributed by atoms with E-state index in [0.29, 0.717) is 17.1 Å². The number of methoxy groups -OCH3 is 1. The summed E-state index contributed by atoms with van der Waals surface area (Å²) >= 11 is 12.6. The highest BCUT2D eigenvalue weighted by Crippen LogP contribution is 2.33. The third kappa shape index (κ3) is 8.11. The second-order valence-corrected chi connectivity index (χ2v) is 11.5. The normalized spacial score (nSPS) is 11.9. The quantitative estimate of drug-likeness (QED) is 0.333. The first-order chi connectivity index (χ1) is 18.5. The van der Waals surface area contributed by atoms with Crippen molar-refractivity contribution in [2.24, 2.45) is 0 Å². The molecule has 3 rings (SSSR count). The summed E-state index contributed by atoms with van der Waals surface area (Å²) in [5, 5.41) is 3.49. The fraction of sp³-hybridized carbons (Fsp3) is 0.286. The van der Waals surface area contributed by atoms with E-state index in [1.807, 2.05) is 30.3 Å². The Balaban J connectivity index is 2.09. The molecule has 0 aliphatic heterocycles. The number of hydrogen-bond donors (Lipinski definition) is 1. The number of hydrogen-bond acceptors (Lipinski definition) is 5. The van der Waals surface area contributed by atoms with Crippen LogP contribution in [0.4, 0.5) is 5.69 Å². The topological polar surface area (TPSA) is 96.0 Å². The molecule has 1 atom stereocenters. The van der Waals surface area contributed by atoms with E-state index in [4.69, 9.17) is 27.9 Å². The number of carbonyl (C=O) groups excluding carboxylic acids is 2. The highest BCUT2D eigenvalue weighted by Gasteiger charge is 2.34. The number of anilines is 1. The number of likely N-dealkylation sites (N-methyl/N-ethyl adjacent to an activating group) is 1. The van der Waals surface area contributed by atoms with Crippen LogP contribution in [0.1, 0.15) is 18.1 Å². The Hall–Kier alpha value is -3.27. The second-order valence-electron chi connectivity index (χ2n) is 8.80. The van der Waals surface area contributed by atoms with Crippen molar-refractivity contribution in [3.8, 4) is 5.75 Å². The number of sulfonamides is 1. The number of carbonyl (C=O) groups is 2. The van der Waals surface area contributed by atoms with Crippen molar-refractivity contribution in [1.29, 1.82) is 0 Å². The third-order valence-corrected chi connectivity index (χ3v) is 7.74. The summed E-state index contributed by atoms with van der Waals surface area (Å²) in [5.41, 5.74) is 1.56. The Morgan fingerprint density at radius 2 is 1.67 bits per heavy atom. The van der Waals surface area contributed by atoms with Crippen molar-refractivity contribution in [3.05, 3.63) is 94.0 Å². The molecular formula is C28H31Cl2N3O5S. The standard InChI is InChI=1S/C28H31Cl2N3O5S/c1-4-31-28(35)25(16-20-10-6-5-7-11-20)32(18-21-12-8-9-13-23(21)30)27(34)19-33(39(3,36)37)24-17-22(29)14-15-26(24)38-2/h5-15,17,25H,4,16,18-19H2,1-3H3,(H,31,35)/t25-/m0/s1. The van der Waals surface area contributed by atoms with Gasteiger partial charge >= 0.3 is 0 Å². The number of nitrogens with one attached hydrogen (secondary N) is 1. The lowest BCUT2D eigenvalue weighted by molar-refractivity contribution is -0.140. The average molecular weight is 593 g/mol. The molecule has 0 unspecified atom stereocenters. The molecule has 0 fully saturated rings. The molecule has 2 amide bonds. The Labute approximate surface area is 239 Å². The maximum atomic E-state index is 14.0. The summed E-state index contributed by atoms with van der Waals surface area (Å²) in [5.74, 6) is -0.748. The van der Waals surface area contributed by atoms with Gasteiger partial charge in [0.2, 0.25) is 21.8 Å². The van der Waals surface area contributed by atoms with E-state index in [2.05, 4.69) is 5.32 Å². The molecule has 0 saturated heterocycles. The second kappa shape index (κ2) is 13.7. The van der Waals surface area contributed by atoms with Gasteiger partial charge in [-0.05, 0) is 42.3 Å². The van der Waals surface area contributed by atoms with Crippen molar-refractivity contribution in [3.63, 3.8) is 0 Å². The van der Waals surface area contributed by atoms with Gasteiger partial charge in [-0.15, -0.1) is 0 Å². The summed E-state index contributed by atoms with van der Waals surface area (Å²) < 4.78 is 32.2. The van der Waals surface area contributed by atoms with Crippen LogP contribution in [0, 0.1) is 0 Å². The van der Waals surface area contributed by atoms with Crippen LogP contribution in [-0.4, -0.2) is 57.6 Å². The van der Waals surface area contributed by atoms with Crippen LogP contribution < -0.4 is 14.4 Å². The molecule has 0 aromatic heterocycles. The van der Waals surface area contributed by atoms with Crippen molar-refractivity contribution >= 4 is 50.7 Å². The fourth-order valence-corrected chi connectivity index (χ4v) is 5.32. The molecule has 0 aliphatic rings. The predicted octanol–water partition coefficient (Wildman–Crippen LogP) is 4.54. The molecular weight excluding hydrogens is 561 g/mol. The summed E-state index contributed by atoms with van der Waals surface area (Å²) in [6.45, 7) is 1.53. The van der Waals surface area contributed by atoms with Gasteiger partial charge in [0.05, 0.1) is 19.1 Å². The van der Waals surface area contributed by atoms with Crippen molar-refractivity contribution in [2.75, 3.05) is 30.8 Å².